The summed E-state index contributed by atoms with van der Waals surface area (Å²) in [7, 11) is 0. The Labute approximate surface area is 179 Å². The molecule has 2 aliphatic rings. The number of carbonyl (C=O) groups is 5. The number of nitro benzene ring substituents is 1. The van der Waals surface area contributed by atoms with Crippen molar-refractivity contribution in [2.75, 3.05) is 5.32 Å². The highest BCUT2D eigenvalue weighted by Crippen LogP contribution is 2.32. The van der Waals surface area contributed by atoms with Crippen molar-refractivity contribution in [3.05, 3.63) is 63.7 Å². The summed E-state index contributed by atoms with van der Waals surface area (Å²) < 4.78 is 5.06. The van der Waals surface area contributed by atoms with Gasteiger partial charge in [-0.2, -0.15) is 0 Å². The topological polar surface area (TPSA) is 165 Å². The maximum absolute atomic E-state index is 13.0. The Balaban J connectivity index is 1.54. The average molecular weight is 438 g/mol. The second-order valence-electron chi connectivity index (χ2n) is 6.94. The molecule has 1 saturated heterocycles. The summed E-state index contributed by atoms with van der Waals surface area (Å²) in [5.41, 5.74) is -0.311. The van der Waals surface area contributed by atoms with Gasteiger partial charge in [-0.25, -0.2) is 4.79 Å². The number of benzene rings is 2. The molecule has 0 bridgehead atoms. The molecule has 0 aromatic heterocycles. The minimum atomic E-state index is -1.14. The molecule has 12 nitrogen and oxygen atoms in total. The zero-order valence-corrected chi connectivity index (χ0v) is 16.2. The summed E-state index contributed by atoms with van der Waals surface area (Å²) in [5, 5.41) is 15.2. The van der Waals surface area contributed by atoms with E-state index in [0.717, 1.165) is 17.0 Å². The molecule has 0 spiro atoms. The second kappa shape index (κ2) is 7.91. The molecule has 2 heterocycles. The molecule has 0 aliphatic carbocycles. The van der Waals surface area contributed by atoms with Gasteiger partial charge in [0.1, 0.15) is 11.8 Å². The number of hydrogen-bond donors (Lipinski definition) is 2. The molecule has 1 atom stereocenters. The molecule has 2 aliphatic heterocycles. The van der Waals surface area contributed by atoms with E-state index in [1.807, 2.05) is 0 Å². The van der Waals surface area contributed by atoms with Crippen LogP contribution in [-0.2, 0) is 9.59 Å². The van der Waals surface area contributed by atoms with Crippen LogP contribution >= 0.6 is 0 Å². The number of carbonyl (C=O) groups excluding carboxylic acids is 5. The van der Waals surface area contributed by atoms with Gasteiger partial charge < -0.3 is 4.74 Å². The molecule has 2 aromatic carbocycles. The Morgan fingerprint density at radius 2 is 1.81 bits per heavy atom. The van der Waals surface area contributed by atoms with Crippen LogP contribution in [-0.4, -0.2) is 45.6 Å². The Hall–Kier alpha value is -4.61. The number of fused-ring (bicyclic) bond motifs is 1. The summed E-state index contributed by atoms with van der Waals surface area (Å²) in [6.45, 7) is 0. The average Bonchev–Trinajstić information content (AvgIpc) is 3.00. The Morgan fingerprint density at radius 1 is 1.09 bits per heavy atom. The van der Waals surface area contributed by atoms with Crippen LogP contribution in [0.5, 0.6) is 5.75 Å². The highest BCUT2D eigenvalue weighted by atomic mass is 16.6. The predicted octanol–water partition coefficient (Wildman–Crippen LogP) is 1.61. The summed E-state index contributed by atoms with van der Waals surface area (Å²) >= 11 is 0. The van der Waals surface area contributed by atoms with Gasteiger partial charge in [0.2, 0.25) is 11.8 Å². The van der Waals surface area contributed by atoms with Gasteiger partial charge in [-0.1, -0.05) is 6.07 Å². The maximum Gasteiger partial charge on any atom is 0.417 e. The fourth-order valence-electron chi connectivity index (χ4n) is 3.50. The molecule has 0 saturated carbocycles. The van der Waals surface area contributed by atoms with E-state index in [-0.39, 0.29) is 41.1 Å². The van der Waals surface area contributed by atoms with Gasteiger partial charge in [0, 0.05) is 18.6 Å². The summed E-state index contributed by atoms with van der Waals surface area (Å²) in [5.74, 6) is -2.71. The first-order valence-corrected chi connectivity index (χ1v) is 9.34. The lowest BCUT2D eigenvalue weighted by Crippen LogP contribution is -2.54. The van der Waals surface area contributed by atoms with Gasteiger partial charge in [-0.3, -0.25) is 44.8 Å². The minimum Gasteiger partial charge on any atom is -0.410 e. The highest BCUT2D eigenvalue weighted by molar-refractivity contribution is 6.26. The lowest BCUT2D eigenvalue weighted by molar-refractivity contribution is -0.384. The zero-order valence-electron chi connectivity index (χ0n) is 16.2. The second-order valence-corrected chi connectivity index (χ2v) is 6.94. The van der Waals surface area contributed by atoms with E-state index in [4.69, 9.17) is 4.74 Å². The predicted molar refractivity (Wildman–Crippen MR) is 106 cm³/mol. The van der Waals surface area contributed by atoms with Crippen molar-refractivity contribution in [2.24, 2.45) is 0 Å². The molecule has 2 N–H and O–H groups in total. The molecular formula is C20H14N4O8. The molecule has 2 aromatic rings. The number of piperidine rings is 1. The number of nitrogens with one attached hydrogen (secondary N) is 2. The Kier molecular flexibility index (Phi) is 5.10. The number of non-ortho nitro benzene ring substituents is 1. The highest BCUT2D eigenvalue weighted by Gasteiger charge is 2.45. The lowest BCUT2D eigenvalue weighted by Gasteiger charge is -2.27. The lowest BCUT2D eigenvalue weighted by atomic mass is 10.0. The number of amides is 5. The van der Waals surface area contributed by atoms with Crippen LogP contribution in [0.3, 0.4) is 0 Å². The SMILES string of the molecule is O=C1CCC(N2C(=O)c3cccc(NC(=O)Oc4ccc([N+](=O)[O-])cc4)c3C2=O)C(=O)N1. The Bertz CT molecular complexity index is 1190. The quantitative estimate of drug-likeness (QED) is 0.413. The summed E-state index contributed by atoms with van der Waals surface area (Å²) in [6.07, 6.45) is -1.01. The van der Waals surface area contributed by atoms with Crippen LogP contribution in [0, 0.1) is 10.1 Å². The third-order valence-electron chi connectivity index (χ3n) is 4.96. The number of imide groups is 2. The first kappa shape index (κ1) is 20.7. The number of nitro groups is 1. The first-order chi connectivity index (χ1) is 15.3. The van der Waals surface area contributed by atoms with Crippen molar-refractivity contribution >= 4 is 41.1 Å². The molecule has 1 fully saturated rings. The van der Waals surface area contributed by atoms with Crippen molar-refractivity contribution < 1.29 is 33.6 Å². The van der Waals surface area contributed by atoms with Gasteiger partial charge in [-0.15, -0.1) is 0 Å². The van der Waals surface area contributed by atoms with Crippen molar-refractivity contribution in [3.8, 4) is 5.75 Å². The van der Waals surface area contributed by atoms with E-state index in [9.17, 15) is 34.1 Å². The largest absolute Gasteiger partial charge is 0.417 e. The van der Waals surface area contributed by atoms with Gasteiger partial charge in [-0.05, 0) is 30.7 Å². The fraction of sp³-hybridized carbons (Fsp3) is 0.150. The normalized spacial score (nSPS) is 17.6. The van der Waals surface area contributed by atoms with E-state index in [0.29, 0.717) is 0 Å². The molecule has 0 radical (unpaired) electrons. The van der Waals surface area contributed by atoms with E-state index >= 15 is 0 Å². The molecule has 4 rings (SSSR count). The van der Waals surface area contributed by atoms with E-state index in [1.54, 1.807) is 0 Å². The minimum absolute atomic E-state index is 0.00107. The number of nitrogens with zero attached hydrogens (tertiary/aromatic N) is 2. The van der Waals surface area contributed by atoms with Crippen LogP contribution in [0.25, 0.3) is 0 Å². The van der Waals surface area contributed by atoms with Crippen LogP contribution in [0.2, 0.25) is 0 Å². The van der Waals surface area contributed by atoms with E-state index < -0.39 is 40.7 Å². The van der Waals surface area contributed by atoms with Crippen LogP contribution in [0.15, 0.2) is 42.5 Å². The number of rotatable bonds is 4. The molecule has 5 amide bonds. The zero-order chi connectivity index (χ0) is 23.0. The van der Waals surface area contributed by atoms with Crippen molar-refractivity contribution in [1.29, 1.82) is 0 Å². The van der Waals surface area contributed by atoms with Crippen molar-refractivity contribution in [3.63, 3.8) is 0 Å². The van der Waals surface area contributed by atoms with Crippen molar-refractivity contribution in [1.82, 2.24) is 10.2 Å². The van der Waals surface area contributed by atoms with Crippen LogP contribution in [0.4, 0.5) is 16.2 Å². The molecule has 32 heavy (non-hydrogen) atoms. The standard InChI is InChI=1S/C20H14N4O8/c25-15-9-8-14(17(26)22-15)23-18(27)12-2-1-3-13(16(12)19(23)28)21-20(29)32-11-6-4-10(5-7-11)24(30)31/h1-7,14H,8-9H2,(H,21,29)(H,22,25,26). The fourth-order valence-corrected chi connectivity index (χ4v) is 3.50. The molecule has 162 valence electrons. The molecular weight excluding hydrogens is 424 g/mol. The van der Waals surface area contributed by atoms with Crippen LogP contribution in [0.1, 0.15) is 33.6 Å². The third kappa shape index (κ3) is 3.64. The van der Waals surface area contributed by atoms with Gasteiger partial charge >= 0.3 is 6.09 Å². The Morgan fingerprint density at radius 3 is 2.47 bits per heavy atom. The smallest absolute Gasteiger partial charge is 0.410 e. The number of anilines is 1. The van der Waals surface area contributed by atoms with Gasteiger partial charge in [0.05, 0.1) is 21.7 Å². The van der Waals surface area contributed by atoms with E-state index in [2.05, 4.69) is 10.6 Å². The summed E-state index contributed by atoms with van der Waals surface area (Å²) in [4.78, 5) is 72.5. The van der Waals surface area contributed by atoms with E-state index in [1.165, 1.54) is 30.3 Å². The third-order valence-corrected chi connectivity index (χ3v) is 4.96. The summed E-state index contributed by atoms with van der Waals surface area (Å²) in [6, 6.07) is 7.84. The first-order valence-electron chi connectivity index (χ1n) is 9.34. The molecule has 1 unspecified atom stereocenters. The van der Waals surface area contributed by atoms with Gasteiger partial charge in [0.15, 0.2) is 0 Å². The maximum atomic E-state index is 13.0. The van der Waals surface area contributed by atoms with Crippen molar-refractivity contribution in [2.45, 2.75) is 18.9 Å². The molecule has 12 heteroatoms. The van der Waals surface area contributed by atoms with Crippen LogP contribution < -0.4 is 15.4 Å². The number of hydrogen-bond acceptors (Lipinski definition) is 8. The monoisotopic (exact) mass is 438 g/mol. The number of ether oxygens (including phenoxy) is 1. The van der Waals surface area contributed by atoms with Gasteiger partial charge in [0.25, 0.3) is 17.5 Å².